The molecule has 4 rings (SSSR count). The first kappa shape index (κ1) is 25.9. The Morgan fingerprint density at radius 3 is 1.76 bits per heavy atom. The van der Waals surface area contributed by atoms with E-state index in [1.807, 2.05) is 58.0 Å². The van der Waals surface area contributed by atoms with E-state index in [0.29, 0.717) is 0 Å². The number of nitro groups is 1. The summed E-state index contributed by atoms with van der Waals surface area (Å²) < 4.78 is 0. The Balaban J connectivity index is 0.000000228. The molecule has 2 heterocycles. The van der Waals surface area contributed by atoms with E-state index in [2.05, 4.69) is 9.97 Å². The van der Waals surface area contributed by atoms with E-state index in [1.165, 1.54) is 12.1 Å². The van der Waals surface area contributed by atoms with Gasteiger partial charge in [0.1, 0.15) is 0 Å². The van der Waals surface area contributed by atoms with Crippen molar-refractivity contribution in [1.82, 2.24) is 9.97 Å². The lowest BCUT2D eigenvalue weighted by Crippen LogP contribution is -2.22. The first-order chi connectivity index (χ1) is 15.0. The van der Waals surface area contributed by atoms with Gasteiger partial charge in [0.25, 0.3) is 5.69 Å². The maximum Gasteiger partial charge on any atom is 0.270 e. The van der Waals surface area contributed by atoms with E-state index >= 15 is 0 Å². The highest BCUT2D eigenvalue weighted by Crippen LogP contribution is 2.28. The van der Waals surface area contributed by atoms with Gasteiger partial charge in [0.2, 0.25) is 0 Å². The summed E-state index contributed by atoms with van der Waals surface area (Å²) in [7, 11) is 0. The lowest BCUT2D eigenvalue weighted by atomic mass is 9.91. The molecule has 0 saturated carbocycles. The fraction of sp³-hybridized carbons (Fsp3) is 0.360. The minimum atomic E-state index is -0.413. The van der Waals surface area contributed by atoms with Gasteiger partial charge in [-0.2, -0.15) is 0 Å². The number of aliphatic hydroxyl groups excluding tert-OH is 2. The molecule has 0 spiro atoms. The van der Waals surface area contributed by atoms with E-state index in [4.69, 9.17) is 5.73 Å². The molecule has 0 atom stereocenters. The number of nitrogens with zero attached hydrogens (tertiary/aromatic N) is 1. The zero-order valence-corrected chi connectivity index (χ0v) is 18.8. The van der Waals surface area contributed by atoms with E-state index in [9.17, 15) is 20.3 Å². The number of hydrogen-bond donors (Lipinski definition) is 5. The number of fused-ring (bicyclic) bond motifs is 2. The van der Waals surface area contributed by atoms with Crippen molar-refractivity contribution in [3.63, 3.8) is 0 Å². The largest absolute Gasteiger partial charge is 0.399 e. The number of nitrogens with two attached hydrogens (primary N) is 1. The number of hydrogen-bond acceptors (Lipinski definition) is 5. The Labute approximate surface area is 193 Å². The molecule has 0 aliphatic carbocycles. The van der Waals surface area contributed by atoms with Crippen molar-refractivity contribution in [3.05, 3.63) is 70.0 Å². The molecule has 0 saturated heterocycles. The van der Waals surface area contributed by atoms with Crippen LogP contribution in [0, 0.1) is 10.1 Å². The molecule has 0 unspecified atom stereocenters. The number of nitrogens with one attached hydrogen (secondary N) is 2. The molecule has 2 aromatic heterocycles. The maximum atomic E-state index is 10.7. The first-order valence-corrected chi connectivity index (χ1v) is 10.3. The van der Waals surface area contributed by atoms with Crippen molar-refractivity contribution in [1.29, 1.82) is 0 Å². The number of aromatic nitrogens is 2. The summed E-state index contributed by atoms with van der Waals surface area (Å²) in [5.74, 6) is 0. The second kappa shape index (κ2) is 9.64. The number of non-ortho nitro benzene ring substituents is 1. The van der Waals surface area contributed by atoms with Crippen LogP contribution in [0.3, 0.4) is 0 Å². The van der Waals surface area contributed by atoms with E-state index in [1.54, 1.807) is 6.07 Å². The Morgan fingerprint density at radius 2 is 1.30 bits per heavy atom. The van der Waals surface area contributed by atoms with Crippen molar-refractivity contribution < 1.29 is 15.1 Å². The minimum Gasteiger partial charge on any atom is -0.399 e. The molecule has 0 aliphatic heterocycles. The van der Waals surface area contributed by atoms with Gasteiger partial charge in [-0.25, -0.2) is 0 Å². The summed E-state index contributed by atoms with van der Waals surface area (Å²) >= 11 is 0. The number of rotatable bonds is 5. The standard InChI is InChI=1S/C12H14N2O3.C12H16N2O.CH4/c1-12(2,7-15)11-6-8-5-9(14(16)17)3-4-10(8)13-11;1-12(2,7-15)11-6-8-5-9(13)3-4-10(8)14-11;/h3-6,13,15H,7H2,1-2H3;3-6,14-15H,7,13H2,1-2H3;1H4. The van der Waals surface area contributed by atoms with Gasteiger partial charge in [0, 0.05) is 61.8 Å². The molecule has 0 radical (unpaired) electrons. The average Bonchev–Trinajstić information content (AvgIpc) is 3.38. The smallest absolute Gasteiger partial charge is 0.270 e. The minimum absolute atomic E-state index is 0. The van der Waals surface area contributed by atoms with Crippen molar-refractivity contribution in [3.8, 4) is 0 Å². The summed E-state index contributed by atoms with van der Waals surface area (Å²) in [5, 5.41) is 31.1. The fourth-order valence-electron chi connectivity index (χ4n) is 3.28. The van der Waals surface area contributed by atoms with Crippen LogP contribution in [0.5, 0.6) is 0 Å². The number of benzene rings is 2. The number of anilines is 1. The van der Waals surface area contributed by atoms with Crippen LogP contribution in [0.2, 0.25) is 0 Å². The van der Waals surface area contributed by atoms with Crippen LogP contribution in [0.15, 0.2) is 48.5 Å². The van der Waals surface area contributed by atoms with Gasteiger partial charge in [-0.05, 0) is 36.4 Å². The van der Waals surface area contributed by atoms with Gasteiger partial charge >= 0.3 is 0 Å². The number of aliphatic hydroxyl groups is 2. The predicted molar refractivity (Wildman–Crippen MR) is 135 cm³/mol. The van der Waals surface area contributed by atoms with Crippen LogP contribution >= 0.6 is 0 Å². The predicted octanol–water partition coefficient (Wildman–Crippen LogP) is 5.00. The molecule has 0 fully saturated rings. The monoisotopic (exact) mass is 454 g/mol. The topological polar surface area (TPSA) is 141 Å². The number of H-pyrrole nitrogens is 2. The molecule has 178 valence electrons. The van der Waals surface area contributed by atoms with Crippen LogP contribution in [-0.4, -0.2) is 38.3 Å². The van der Waals surface area contributed by atoms with Crippen LogP contribution in [0.4, 0.5) is 11.4 Å². The van der Waals surface area contributed by atoms with Crippen molar-refractivity contribution >= 4 is 33.2 Å². The number of nitro benzene ring substituents is 1. The first-order valence-electron chi connectivity index (χ1n) is 10.3. The summed E-state index contributed by atoms with van der Waals surface area (Å²) in [6.45, 7) is 7.96. The van der Waals surface area contributed by atoms with Crippen molar-refractivity contribution in [2.24, 2.45) is 0 Å². The highest BCUT2D eigenvalue weighted by Gasteiger charge is 2.22. The second-order valence-electron chi connectivity index (χ2n) is 9.33. The third kappa shape index (κ3) is 5.53. The zero-order chi connectivity index (χ0) is 23.7. The molecular weight excluding hydrogens is 420 g/mol. The molecular formula is C25H34N4O4. The zero-order valence-electron chi connectivity index (χ0n) is 18.8. The van der Waals surface area contributed by atoms with Gasteiger partial charge in [0.05, 0.1) is 18.1 Å². The quantitative estimate of drug-likeness (QED) is 0.164. The Morgan fingerprint density at radius 1 is 0.848 bits per heavy atom. The summed E-state index contributed by atoms with van der Waals surface area (Å²) in [5.41, 5.74) is 9.72. The van der Waals surface area contributed by atoms with E-state index < -0.39 is 4.92 Å². The average molecular weight is 455 g/mol. The molecule has 0 amide bonds. The van der Waals surface area contributed by atoms with Gasteiger partial charge < -0.3 is 25.9 Å². The Bertz CT molecular complexity index is 1250. The highest BCUT2D eigenvalue weighted by molar-refractivity contribution is 5.84. The SMILES string of the molecule is C.CC(C)(CO)c1cc2cc(N)ccc2[nH]1.CC(C)(CO)c1cc2cc([N+](=O)[O-])ccc2[nH]1. The third-order valence-electron chi connectivity index (χ3n) is 5.71. The third-order valence-corrected chi connectivity index (χ3v) is 5.71. The molecule has 33 heavy (non-hydrogen) atoms. The number of nitrogen functional groups attached to an aromatic ring is 1. The van der Waals surface area contributed by atoms with Gasteiger partial charge in [0.15, 0.2) is 0 Å². The summed E-state index contributed by atoms with van der Waals surface area (Å²) in [4.78, 5) is 16.7. The van der Waals surface area contributed by atoms with Crippen LogP contribution in [0.1, 0.15) is 46.5 Å². The lowest BCUT2D eigenvalue weighted by molar-refractivity contribution is -0.384. The molecule has 2 aromatic carbocycles. The van der Waals surface area contributed by atoms with Crippen LogP contribution in [-0.2, 0) is 10.8 Å². The van der Waals surface area contributed by atoms with Crippen LogP contribution in [0.25, 0.3) is 21.8 Å². The maximum absolute atomic E-state index is 10.7. The molecule has 8 heteroatoms. The fourth-order valence-corrected chi connectivity index (χ4v) is 3.28. The molecule has 0 bridgehead atoms. The second-order valence-corrected chi connectivity index (χ2v) is 9.33. The summed E-state index contributed by atoms with van der Waals surface area (Å²) in [6, 6.07) is 14.3. The van der Waals surface area contributed by atoms with Crippen LogP contribution < -0.4 is 5.73 Å². The Hall–Kier alpha value is -3.36. The van der Waals surface area contributed by atoms with Crippen molar-refractivity contribution in [2.45, 2.75) is 46.0 Å². The number of aromatic amines is 2. The molecule has 6 N–H and O–H groups in total. The summed E-state index contributed by atoms with van der Waals surface area (Å²) in [6.07, 6.45) is 0. The van der Waals surface area contributed by atoms with Gasteiger partial charge in [-0.3, -0.25) is 10.1 Å². The molecule has 8 nitrogen and oxygen atoms in total. The lowest BCUT2D eigenvalue weighted by Gasteiger charge is -2.19. The Kier molecular flexibility index (Phi) is 7.57. The van der Waals surface area contributed by atoms with E-state index in [-0.39, 0.29) is 37.2 Å². The van der Waals surface area contributed by atoms with Gasteiger partial charge in [-0.15, -0.1) is 0 Å². The molecule has 0 aliphatic rings. The normalized spacial score (nSPS) is 11.7. The molecule has 4 aromatic rings. The van der Waals surface area contributed by atoms with Gasteiger partial charge in [-0.1, -0.05) is 35.1 Å². The van der Waals surface area contributed by atoms with E-state index in [0.717, 1.165) is 38.9 Å². The highest BCUT2D eigenvalue weighted by atomic mass is 16.6. The van der Waals surface area contributed by atoms with Crippen molar-refractivity contribution in [2.75, 3.05) is 18.9 Å².